The van der Waals surface area contributed by atoms with Crippen LogP contribution in [0.4, 0.5) is 17.5 Å². The number of ether oxygens (including phenoxy) is 4. The molecule has 0 amide bonds. The van der Waals surface area contributed by atoms with Crippen LogP contribution in [0.3, 0.4) is 0 Å². The first kappa shape index (κ1) is 44.4. The van der Waals surface area contributed by atoms with Crippen molar-refractivity contribution in [3.05, 3.63) is 38.9 Å². The largest absolute Gasteiger partial charge is 0.486 e. The summed E-state index contributed by atoms with van der Waals surface area (Å²) in [6.07, 6.45) is 5.50. The molecule has 4 aliphatic rings. The van der Waals surface area contributed by atoms with Crippen LogP contribution in [0.25, 0.3) is 0 Å². The number of fused-ring (bicyclic) bond motifs is 6. The van der Waals surface area contributed by atoms with E-state index in [4.69, 9.17) is 46.5 Å². The van der Waals surface area contributed by atoms with Gasteiger partial charge in [0.25, 0.3) is 0 Å². The third-order valence-corrected chi connectivity index (χ3v) is 10.4. The van der Waals surface area contributed by atoms with Crippen molar-refractivity contribution in [2.45, 2.75) is 56.3 Å². The van der Waals surface area contributed by atoms with Gasteiger partial charge in [0, 0.05) is 37.3 Å². The highest BCUT2D eigenvalue weighted by Gasteiger charge is 2.40. The second-order valence-electron chi connectivity index (χ2n) is 11.3. The Morgan fingerprint density at radius 2 is 1.42 bits per heavy atom. The summed E-state index contributed by atoms with van der Waals surface area (Å²) < 4.78 is 23.2. The molecule has 0 radical (unpaired) electrons. The zero-order valence-corrected chi connectivity index (χ0v) is 31.5. The van der Waals surface area contributed by atoms with E-state index >= 15 is 0 Å². The molecule has 2 fully saturated rings. The first-order valence-electron chi connectivity index (χ1n) is 14.8. The van der Waals surface area contributed by atoms with Gasteiger partial charge in [-0.3, -0.25) is 0 Å². The first-order chi connectivity index (χ1) is 22.4. The number of nitrogens with zero attached hydrogens (tertiary/aromatic N) is 6. The third kappa shape index (κ3) is 9.81. The summed E-state index contributed by atoms with van der Waals surface area (Å²) in [4.78, 5) is 22.7. The monoisotopic (exact) mass is 887 g/mol. The van der Waals surface area contributed by atoms with Gasteiger partial charge in [-0.15, -0.1) is 0 Å². The quantitative estimate of drug-likeness (QED) is 0.179. The van der Waals surface area contributed by atoms with Gasteiger partial charge in [0.05, 0.1) is 40.4 Å². The van der Waals surface area contributed by atoms with Gasteiger partial charge in [-0.25, -0.2) is 19.9 Å². The molecular formula is C31H47ClIN7O7S3. The van der Waals surface area contributed by atoms with Crippen molar-refractivity contribution >= 4 is 90.4 Å². The van der Waals surface area contributed by atoms with Crippen LogP contribution in [0.1, 0.15) is 33.4 Å². The normalized spacial score (nSPS) is 20.7. The fraction of sp³-hybridized carbons (Fsp3) is 0.548. The average Bonchev–Trinajstić information content (AvgIpc) is 3.69. The summed E-state index contributed by atoms with van der Waals surface area (Å²) in [6, 6.07) is 4.41. The van der Waals surface area contributed by atoms with Gasteiger partial charge in [-0.05, 0) is 47.6 Å². The standard InChI is InChI=1S/C17H20ClN5O4S.C12H15IN2O3.2CH4.2H2S/c18-14-11(5-24)21-17(15(19)22-14)28-12-1-2-20-16-13(12)27-7-10-3-9(4-23(10)16)6-26-8-25;13-10-1-2-14-12-11(10)18-6-9-3-8(4-15(9)12)5-17-7-16;;;;/h1-2,9-10,24-25H,3-8H2,(H2,19,22);1-2,8-9,16H,3-7H2;2*1H4;2*1H2/t9?,10-;8?,9-;;;;/m00..../s1. The van der Waals surface area contributed by atoms with Gasteiger partial charge >= 0.3 is 0 Å². The number of hydrogen-bond donors (Lipinski definition) is 4. The molecule has 280 valence electrons. The van der Waals surface area contributed by atoms with Crippen LogP contribution < -0.4 is 25.0 Å². The Morgan fingerprint density at radius 3 is 1.98 bits per heavy atom. The molecule has 0 bridgehead atoms. The lowest BCUT2D eigenvalue weighted by atomic mass is 10.1. The van der Waals surface area contributed by atoms with E-state index in [1.165, 1.54) is 11.8 Å². The maximum absolute atomic E-state index is 9.38. The number of nitrogens with two attached hydrogens (primary N) is 1. The van der Waals surface area contributed by atoms with Gasteiger partial charge in [0.1, 0.15) is 37.5 Å². The molecule has 4 aliphatic heterocycles. The summed E-state index contributed by atoms with van der Waals surface area (Å²) in [5.74, 6) is 4.24. The van der Waals surface area contributed by atoms with Gasteiger partial charge < -0.3 is 49.8 Å². The summed E-state index contributed by atoms with van der Waals surface area (Å²) in [5, 5.41) is 27.5. The first-order valence-corrected chi connectivity index (χ1v) is 17.1. The van der Waals surface area contributed by atoms with E-state index in [1.54, 1.807) is 6.20 Å². The topological polar surface area (TPSA) is 182 Å². The smallest absolute Gasteiger partial charge is 0.175 e. The van der Waals surface area contributed by atoms with Crippen LogP contribution in [0.15, 0.2) is 34.4 Å². The number of rotatable bonds is 9. The molecule has 5 N–H and O–H groups in total. The molecule has 3 aromatic heterocycles. The second kappa shape index (κ2) is 20.5. The lowest BCUT2D eigenvalue weighted by Crippen LogP contribution is -2.39. The molecule has 0 aliphatic carbocycles. The average molecular weight is 888 g/mol. The molecule has 3 aromatic rings. The van der Waals surface area contributed by atoms with Crippen LogP contribution in [0.2, 0.25) is 5.15 Å². The SMILES string of the molecule is C.C.Nc1nc(Cl)c(CO)nc1Sc1ccnc2c1OC[C@@H]1CC(COCO)CN21.OCOCC1C[C@H]2COc3c(I)ccnc3N2C1.S.S. The highest BCUT2D eigenvalue weighted by molar-refractivity contribution is 14.1. The molecule has 0 aromatic carbocycles. The number of pyridine rings is 2. The van der Waals surface area contributed by atoms with E-state index in [9.17, 15) is 5.11 Å². The molecule has 14 nitrogen and oxygen atoms in total. The molecule has 7 rings (SSSR count). The number of aliphatic hydroxyl groups excluding tert-OH is 3. The van der Waals surface area contributed by atoms with Gasteiger partial charge in [0.15, 0.2) is 34.1 Å². The second-order valence-corrected chi connectivity index (χ2v) is 13.8. The van der Waals surface area contributed by atoms with Crippen molar-refractivity contribution < 1.29 is 34.3 Å². The van der Waals surface area contributed by atoms with Crippen molar-refractivity contribution in [3.63, 3.8) is 0 Å². The molecule has 2 unspecified atom stereocenters. The number of aromatic nitrogens is 4. The Labute approximate surface area is 329 Å². The third-order valence-electron chi connectivity index (χ3n) is 8.23. The van der Waals surface area contributed by atoms with E-state index in [0.717, 1.165) is 51.8 Å². The Bertz CT molecular complexity index is 1540. The van der Waals surface area contributed by atoms with Crippen LogP contribution in [-0.4, -0.2) is 100 Å². The highest BCUT2D eigenvalue weighted by Crippen LogP contribution is 2.46. The number of anilines is 3. The van der Waals surface area contributed by atoms with Gasteiger partial charge in [-0.1, -0.05) is 38.2 Å². The minimum Gasteiger partial charge on any atom is -0.486 e. The van der Waals surface area contributed by atoms with Gasteiger partial charge in [-0.2, -0.15) is 27.0 Å². The molecule has 4 atom stereocenters. The fourth-order valence-corrected chi connectivity index (χ4v) is 7.86. The van der Waals surface area contributed by atoms with E-state index in [0.29, 0.717) is 55.1 Å². The van der Waals surface area contributed by atoms with Crippen molar-refractivity contribution in [2.75, 3.05) is 68.6 Å². The Hall–Kier alpha value is -1.75. The Morgan fingerprint density at radius 1 is 0.880 bits per heavy atom. The molecular weight excluding hydrogens is 841 g/mol. The number of hydrogen-bond acceptors (Lipinski definition) is 15. The molecule has 7 heterocycles. The molecule has 19 heteroatoms. The van der Waals surface area contributed by atoms with Crippen LogP contribution >= 0.6 is 72.9 Å². The summed E-state index contributed by atoms with van der Waals surface area (Å²) in [5.41, 5.74) is 6.23. The molecule has 0 saturated carbocycles. The highest BCUT2D eigenvalue weighted by atomic mass is 127. The Kier molecular flexibility index (Phi) is 18.2. The summed E-state index contributed by atoms with van der Waals surface area (Å²) in [6.45, 7) is 3.29. The van der Waals surface area contributed by atoms with E-state index in [2.05, 4.69) is 52.3 Å². The van der Waals surface area contributed by atoms with E-state index in [-0.39, 0.29) is 84.7 Å². The van der Waals surface area contributed by atoms with Crippen molar-refractivity contribution in [1.29, 1.82) is 0 Å². The maximum Gasteiger partial charge on any atom is 0.175 e. The zero-order chi connectivity index (χ0) is 32.2. The fourth-order valence-electron chi connectivity index (χ4n) is 6.22. The number of nitrogen functional groups attached to an aromatic ring is 1. The van der Waals surface area contributed by atoms with E-state index < -0.39 is 0 Å². The lowest BCUT2D eigenvalue weighted by Gasteiger charge is -2.33. The predicted molar refractivity (Wildman–Crippen MR) is 212 cm³/mol. The summed E-state index contributed by atoms with van der Waals surface area (Å²) in [7, 11) is 0. The lowest BCUT2D eigenvalue weighted by molar-refractivity contribution is -0.0154. The van der Waals surface area contributed by atoms with Crippen LogP contribution in [0, 0.1) is 15.4 Å². The van der Waals surface area contributed by atoms with Crippen molar-refractivity contribution in [2.24, 2.45) is 11.8 Å². The van der Waals surface area contributed by atoms with Crippen molar-refractivity contribution in [1.82, 2.24) is 19.9 Å². The summed E-state index contributed by atoms with van der Waals surface area (Å²) >= 11 is 9.51. The maximum atomic E-state index is 9.38. The van der Waals surface area contributed by atoms with Crippen LogP contribution in [-0.2, 0) is 16.1 Å². The number of aliphatic hydroxyl groups is 3. The van der Waals surface area contributed by atoms with Crippen LogP contribution in [0.5, 0.6) is 11.5 Å². The predicted octanol–water partition coefficient (Wildman–Crippen LogP) is 4.04. The molecule has 0 spiro atoms. The van der Waals surface area contributed by atoms with E-state index in [1.807, 2.05) is 18.3 Å². The number of halogens is 2. The Balaban J connectivity index is 0.000000346. The molecule has 50 heavy (non-hydrogen) atoms. The van der Waals surface area contributed by atoms with Gasteiger partial charge in [0.2, 0.25) is 0 Å². The molecule has 2 saturated heterocycles. The minimum absolute atomic E-state index is 0. The minimum atomic E-state index is -0.322. The van der Waals surface area contributed by atoms with Crippen molar-refractivity contribution in [3.8, 4) is 11.5 Å². The zero-order valence-electron chi connectivity index (χ0n) is 25.8.